The molecule has 120 valence electrons. The van der Waals surface area contributed by atoms with Crippen LogP contribution in [0.4, 0.5) is 0 Å². The Morgan fingerprint density at radius 2 is 1.95 bits per heavy atom. The van der Waals surface area contributed by atoms with Crippen LogP contribution in [-0.4, -0.2) is 48.9 Å². The molecule has 0 aliphatic carbocycles. The average Bonchev–Trinajstić information content (AvgIpc) is 2.55. The SMILES string of the molecule is CCCCNC(=O)C1CCN(C(=O)C2CCCCN2)CC1. The predicted octanol–water partition coefficient (Wildman–Crippen LogP) is 1.28. The van der Waals surface area contributed by atoms with Gasteiger partial charge in [-0.15, -0.1) is 0 Å². The first-order chi connectivity index (χ1) is 10.2. The highest BCUT2D eigenvalue weighted by Gasteiger charge is 2.31. The van der Waals surface area contributed by atoms with E-state index in [1.54, 1.807) is 0 Å². The van der Waals surface area contributed by atoms with Gasteiger partial charge in [-0.1, -0.05) is 19.8 Å². The smallest absolute Gasteiger partial charge is 0.239 e. The van der Waals surface area contributed by atoms with Gasteiger partial charge in [-0.25, -0.2) is 0 Å². The molecule has 0 aromatic heterocycles. The highest BCUT2D eigenvalue weighted by molar-refractivity contribution is 5.83. The van der Waals surface area contributed by atoms with Crippen LogP contribution >= 0.6 is 0 Å². The maximum Gasteiger partial charge on any atom is 0.239 e. The third kappa shape index (κ3) is 4.70. The number of rotatable bonds is 5. The number of carbonyl (C=O) groups is 2. The first kappa shape index (κ1) is 16.3. The molecule has 0 aromatic rings. The molecule has 0 radical (unpaired) electrons. The van der Waals surface area contributed by atoms with E-state index in [1.165, 1.54) is 6.42 Å². The van der Waals surface area contributed by atoms with E-state index in [0.717, 1.165) is 64.7 Å². The Labute approximate surface area is 127 Å². The van der Waals surface area contributed by atoms with Crippen LogP contribution in [0, 0.1) is 5.92 Å². The van der Waals surface area contributed by atoms with Crippen molar-refractivity contribution in [2.24, 2.45) is 5.92 Å². The fourth-order valence-corrected chi connectivity index (χ4v) is 3.18. The summed E-state index contributed by atoms with van der Waals surface area (Å²) in [6.07, 6.45) is 7.00. The Morgan fingerprint density at radius 1 is 1.19 bits per heavy atom. The van der Waals surface area contributed by atoms with Crippen molar-refractivity contribution in [2.75, 3.05) is 26.2 Å². The number of nitrogens with one attached hydrogen (secondary N) is 2. The average molecular weight is 295 g/mol. The van der Waals surface area contributed by atoms with Crippen molar-refractivity contribution in [2.45, 2.75) is 57.9 Å². The third-order valence-electron chi connectivity index (χ3n) is 4.62. The van der Waals surface area contributed by atoms with Gasteiger partial charge >= 0.3 is 0 Å². The zero-order valence-corrected chi connectivity index (χ0v) is 13.2. The van der Waals surface area contributed by atoms with Crippen LogP contribution in [0.5, 0.6) is 0 Å². The Hall–Kier alpha value is -1.10. The molecule has 2 heterocycles. The van der Waals surface area contributed by atoms with Crippen LogP contribution in [0.2, 0.25) is 0 Å². The minimum absolute atomic E-state index is 0.00804. The summed E-state index contributed by atoms with van der Waals surface area (Å²) in [5.41, 5.74) is 0. The zero-order valence-electron chi connectivity index (χ0n) is 13.2. The van der Waals surface area contributed by atoms with Crippen LogP contribution in [0.3, 0.4) is 0 Å². The molecule has 0 aromatic carbocycles. The highest BCUT2D eigenvalue weighted by atomic mass is 16.2. The Morgan fingerprint density at radius 3 is 2.57 bits per heavy atom. The van der Waals surface area contributed by atoms with Gasteiger partial charge in [0, 0.05) is 25.6 Å². The summed E-state index contributed by atoms with van der Waals surface area (Å²) in [7, 11) is 0. The normalized spacial score (nSPS) is 23.9. The standard InChI is InChI=1S/C16H29N3O2/c1-2-3-9-18-15(20)13-7-11-19(12-8-13)16(21)14-6-4-5-10-17-14/h13-14,17H,2-12H2,1H3,(H,18,20). The predicted molar refractivity (Wildman–Crippen MR) is 82.9 cm³/mol. The van der Waals surface area contributed by atoms with Crippen molar-refractivity contribution >= 4 is 11.8 Å². The minimum atomic E-state index is 0.00804. The monoisotopic (exact) mass is 295 g/mol. The Balaban J connectivity index is 1.72. The number of piperidine rings is 2. The van der Waals surface area contributed by atoms with Gasteiger partial charge in [-0.05, 0) is 38.6 Å². The number of unbranched alkanes of at least 4 members (excludes halogenated alkanes) is 1. The van der Waals surface area contributed by atoms with E-state index in [9.17, 15) is 9.59 Å². The zero-order chi connectivity index (χ0) is 15.1. The van der Waals surface area contributed by atoms with Gasteiger partial charge in [-0.2, -0.15) is 0 Å². The minimum Gasteiger partial charge on any atom is -0.356 e. The fraction of sp³-hybridized carbons (Fsp3) is 0.875. The summed E-state index contributed by atoms with van der Waals surface area (Å²) in [6.45, 7) is 5.30. The first-order valence-corrected chi connectivity index (χ1v) is 8.52. The topological polar surface area (TPSA) is 61.4 Å². The van der Waals surface area contributed by atoms with E-state index < -0.39 is 0 Å². The van der Waals surface area contributed by atoms with Crippen LogP contribution in [0.1, 0.15) is 51.9 Å². The molecular formula is C16H29N3O2. The van der Waals surface area contributed by atoms with E-state index in [0.29, 0.717) is 0 Å². The van der Waals surface area contributed by atoms with E-state index >= 15 is 0 Å². The van der Waals surface area contributed by atoms with Crippen molar-refractivity contribution in [1.82, 2.24) is 15.5 Å². The van der Waals surface area contributed by atoms with Crippen LogP contribution in [0.25, 0.3) is 0 Å². The van der Waals surface area contributed by atoms with E-state index in [-0.39, 0.29) is 23.8 Å². The number of amides is 2. The lowest BCUT2D eigenvalue weighted by Gasteiger charge is -2.35. The van der Waals surface area contributed by atoms with Crippen LogP contribution in [0.15, 0.2) is 0 Å². The van der Waals surface area contributed by atoms with Gasteiger partial charge < -0.3 is 15.5 Å². The molecule has 2 N–H and O–H groups in total. The molecule has 21 heavy (non-hydrogen) atoms. The second-order valence-corrected chi connectivity index (χ2v) is 6.25. The molecule has 2 rings (SSSR count). The Bertz CT molecular complexity index is 345. The summed E-state index contributed by atoms with van der Waals surface area (Å²) >= 11 is 0. The van der Waals surface area contributed by atoms with Crippen molar-refractivity contribution in [1.29, 1.82) is 0 Å². The second-order valence-electron chi connectivity index (χ2n) is 6.25. The highest BCUT2D eigenvalue weighted by Crippen LogP contribution is 2.19. The number of hydrogen-bond donors (Lipinski definition) is 2. The molecule has 5 heteroatoms. The first-order valence-electron chi connectivity index (χ1n) is 8.52. The van der Waals surface area contributed by atoms with Gasteiger partial charge in [0.15, 0.2) is 0 Å². The summed E-state index contributed by atoms with van der Waals surface area (Å²) in [5.74, 6) is 0.496. The van der Waals surface area contributed by atoms with Crippen molar-refractivity contribution in [3.05, 3.63) is 0 Å². The van der Waals surface area contributed by atoms with Gasteiger partial charge in [0.1, 0.15) is 0 Å². The van der Waals surface area contributed by atoms with Crippen molar-refractivity contribution in [3.8, 4) is 0 Å². The van der Waals surface area contributed by atoms with Gasteiger partial charge in [0.25, 0.3) is 0 Å². The fourth-order valence-electron chi connectivity index (χ4n) is 3.18. The van der Waals surface area contributed by atoms with Crippen molar-refractivity contribution < 1.29 is 9.59 Å². The largest absolute Gasteiger partial charge is 0.356 e. The number of carbonyl (C=O) groups excluding carboxylic acids is 2. The molecule has 2 saturated heterocycles. The van der Waals surface area contributed by atoms with Gasteiger partial charge in [0.05, 0.1) is 6.04 Å². The summed E-state index contributed by atoms with van der Waals surface area (Å²) < 4.78 is 0. The van der Waals surface area contributed by atoms with Crippen LogP contribution < -0.4 is 10.6 Å². The summed E-state index contributed by atoms with van der Waals surface area (Å²) in [6, 6.07) is 0.00804. The van der Waals surface area contributed by atoms with Gasteiger partial charge in [0.2, 0.25) is 11.8 Å². The Kier molecular flexibility index (Phi) is 6.49. The molecule has 2 aliphatic rings. The number of likely N-dealkylation sites (tertiary alicyclic amines) is 1. The molecular weight excluding hydrogens is 266 g/mol. The lowest BCUT2D eigenvalue weighted by atomic mass is 9.94. The van der Waals surface area contributed by atoms with Gasteiger partial charge in [-0.3, -0.25) is 9.59 Å². The summed E-state index contributed by atoms with van der Waals surface area (Å²) in [5, 5.41) is 6.32. The molecule has 5 nitrogen and oxygen atoms in total. The van der Waals surface area contributed by atoms with Crippen molar-refractivity contribution in [3.63, 3.8) is 0 Å². The quantitative estimate of drug-likeness (QED) is 0.751. The molecule has 1 unspecified atom stereocenters. The molecule has 0 saturated carbocycles. The molecule has 2 aliphatic heterocycles. The maximum atomic E-state index is 12.4. The van der Waals surface area contributed by atoms with Crippen LogP contribution in [-0.2, 0) is 9.59 Å². The molecule has 2 fully saturated rings. The maximum absolute atomic E-state index is 12.4. The lowest BCUT2D eigenvalue weighted by Crippen LogP contribution is -2.51. The lowest BCUT2D eigenvalue weighted by molar-refractivity contribution is -0.137. The number of hydrogen-bond acceptors (Lipinski definition) is 3. The molecule has 2 amide bonds. The molecule has 0 bridgehead atoms. The third-order valence-corrected chi connectivity index (χ3v) is 4.62. The van der Waals surface area contributed by atoms with E-state index in [2.05, 4.69) is 17.6 Å². The second kappa shape index (κ2) is 8.37. The van der Waals surface area contributed by atoms with E-state index in [1.807, 2.05) is 4.90 Å². The molecule has 0 spiro atoms. The number of nitrogens with zero attached hydrogens (tertiary/aromatic N) is 1. The van der Waals surface area contributed by atoms with E-state index in [4.69, 9.17) is 0 Å². The molecule has 1 atom stereocenters. The summed E-state index contributed by atoms with van der Waals surface area (Å²) in [4.78, 5) is 26.4.